The number of aromatic nitrogens is 2. The van der Waals surface area contributed by atoms with Gasteiger partial charge in [-0.05, 0) is 36.4 Å². The van der Waals surface area contributed by atoms with Crippen LogP contribution >= 0.6 is 11.3 Å². The second-order valence-electron chi connectivity index (χ2n) is 6.20. The molecule has 3 aromatic rings. The lowest BCUT2D eigenvalue weighted by Crippen LogP contribution is -2.37. The van der Waals surface area contributed by atoms with Crippen molar-refractivity contribution in [3.05, 3.63) is 59.3 Å². The number of rotatable bonds is 10. The van der Waals surface area contributed by atoms with E-state index in [-0.39, 0.29) is 18.4 Å². The van der Waals surface area contributed by atoms with E-state index in [1.165, 1.54) is 0 Å². The molecule has 0 aliphatic heterocycles. The zero-order valence-corrected chi connectivity index (χ0v) is 16.2. The standard InChI is InChI=1S/C20H22N4O3S/c25-17(14-22-20(26)15-8-3-1-4-9-15)21-12-6-2-5-11-18-23-19(24-27-18)16-10-7-13-28-16/h1,3-4,7-10,13H,2,5-6,11-12,14H2,(H,21,25)(H,22,26). The number of hydrogen-bond donors (Lipinski definition) is 2. The molecule has 3 rings (SSSR count). The number of unbranched alkanes of at least 4 members (excludes halogenated alkanes) is 2. The van der Waals surface area contributed by atoms with Gasteiger partial charge in [0.05, 0.1) is 11.4 Å². The minimum absolute atomic E-state index is 0.0266. The van der Waals surface area contributed by atoms with Gasteiger partial charge in [0.15, 0.2) is 0 Å². The van der Waals surface area contributed by atoms with Gasteiger partial charge in [0.2, 0.25) is 17.6 Å². The Bertz CT molecular complexity index is 878. The van der Waals surface area contributed by atoms with Crippen LogP contribution in [-0.4, -0.2) is 35.0 Å². The topological polar surface area (TPSA) is 97.1 Å². The number of nitrogens with zero attached hydrogens (tertiary/aromatic N) is 2. The average Bonchev–Trinajstić information content (AvgIpc) is 3.41. The summed E-state index contributed by atoms with van der Waals surface area (Å²) in [6.45, 7) is 0.547. The molecule has 146 valence electrons. The second kappa shape index (κ2) is 10.4. The monoisotopic (exact) mass is 398 g/mol. The summed E-state index contributed by atoms with van der Waals surface area (Å²) in [4.78, 5) is 29.0. The van der Waals surface area contributed by atoms with Gasteiger partial charge in [0.1, 0.15) is 0 Å². The van der Waals surface area contributed by atoms with Gasteiger partial charge in [-0.25, -0.2) is 0 Å². The van der Waals surface area contributed by atoms with Crippen molar-refractivity contribution in [1.29, 1.82) is 0 Å². The van der Waals surface area contributed by atoms with Crippen LogP contribution in [0, 0.1) is 0 Å². The Morgan fingerprint density at radius 1 is 1.00 bits per heavy atom. The number of amides is 2. The van der Waals surface area contributed by atoms with E-state index in [0.717, 1.165) is 30.6 Å². The molecule has 0 unspecified atom stereocenters. The maximum atomic E-state index is 11.9. The quantitative estimate of drug-likeness (QED) is 0.512. The average molecular weight is 398 g/mol. The van der Waals surface area contributed by atoms with Gasteiger partial charge in [-0.3, -0.25) is 9.59 Å². The lowest BCUT2D eigenvalue weighted by molar-refractivity contribution is -0.120. The first-order valence-corrected chi connectivity index (χ1v) is 10.1. The van der Waals surface area contributed by atoms with Gasteiger partial charge in [0, 0.05) is 18.5 Å². The molecule has 0 aliphatic rings. The largest absolute Gasteiger partial charge is 0.355 e. The van der Waals surface area contributed by atoms with E-state index >= 15 is 0 Å². The van der Waals surface area contributed by atoms with E-state index in [4.69, 9.17) is 4.52 Å². The predicted molar refractivity (Wildman–Crippen MR) is 107 cm³/mol. The molecule has 28 heavy (non-hydrogen) atoms. The molecule has 2 N–H and O–H groups in total. The molecule has 0 spiro atoms. The number of thiophene rings is 1. The lowest BCUT2D eigenvalue weighted by atomic mass is 10.2. The number of carbonyl (C=O) groups is 2. The van der Waals surface area contributed by atoms with Crippen LogP contribution in [0.25, 0.3) is 10.7 Å². The summed E-state index contributed by atoms with van der Waals surface area (Å²) >= 11 is 1.58. The first-order valence-electron chi connectivity index (χ1n) is 9.19. The maximum Gasteiger partial charge on any atom is 0.251 e. The zero-order chi connectivity index (χ0) is 19.6. The van der Waals surface area contributed by atoms with Crippen molar-refractivity contribution in [3.63, 3.8) is 0 Å². The highest BCUT2D eigenvalue weighted by Crippen LogP contribution is 2.21. The fourth-order valence-electron chi connectivity index (χ4n) is 2.58. The van der Waals surface area contributed by atoms with Crippen LogP contribution in [0.1, 0.15) is 35.5 Å². The first kappa shape index (κ1) is 19.8. The third-order valence-electron chi connectivity index (χ3n) is 4.04. The lowest BCUT2D eigenvalue weighted by Gasteiger charge is -2.06. The van der Waals surface area contributed by atoms with Crippen molar-refractivity contribution in [1.82, 2.24) is 20.8 Å². The van der Waals surface area contributed by atoms with E-state index in [2.05, 4.69) is 20.8 Å². The Morgan fingerprint density at radius 3 is 2.64 bits per heavy atom. The highest BCUT2D eigenvalue weighted by atomic mass is 32.1. The van der Waals surface area contributed by atoms with E-state index < -0.39 is 0 Å². The summed E-state index contributed by atoms with van der Waals surface area (Å²) < 4.78 is 5.26. The van der Waals surface area contributed by atoms with Crippen LogP contribution in [0.2, 0.25) is 0 Å². The van der Waals surface area contributed by atoms with Crippen molar-refractivity contribution in [3.8, 4) is 10.7 Å². The number of nitrogens with one attached hydrogen (secondary N) is 2. The van der Waals surface area contributed by atoms with E-state index in [0.29, 0.717) is 23.8 Å². The summed E-state index contributed by atoms with van der Waals surface area (Å²) in [5.74, 6) is 0.824. The van der Waals surface area contributed by atoms with Crippen LogP contribution < -0.4 is 10.6 Å². The summed E-state index contributed by atoms with van der Waals surface area (Å²) in [6, 6.07) is 12.7. The molecule has 2 heterocycles. The number of hydrogen-bond acceptors (Lipinski definition) is 6. The third-order valence-corrected chi connectivity index (χ3v) is 4.91. The minimum atomic E-state index is -0.253. The Morgan fingerprint density at radius 2 is 1.86 bits per heavy atom. The summed E-state index contributed by atoms with van der Waals surface area (Å²) in [6.07, 6.45) is 3.42. The first-order chi connectivity index (χ1) is 13.7. The van der Waals surface area contributed by atoms with Crippen molar-refractivity contribution < 1.29 is 14.1 Å². The molecule has 0 bridgehead atoms. The summed E-state index contributed by atoms with van der Waals surface area (Å²) in [5.41, 5.74) is 0.540. The SMILES string of the molecule is O=C(CNC(=O)c1ccccc1)NCCCCCc1nc(-c2cccs2)no1. The molecule has 0 aliphatic carbocycles. The molecule has 7 nitrogen and oxygen atoms in total. The number of carbonyl (C=O) groups excluding carboxylic acids is 2. The maximum absolute atomic E-state index is 11.9. The molecule has 2 amide bonds. The Labute approximate surface area is 167 Å². The summed E-state index contributed by atoms with van der Waals surface area (Å²) in [5, 5.41) is 11.4. The van der Waals surface area contributed by atoms with Gasteiger partial charge < -0.3 is 15.2 Å². The van der Waals surface area contributed by atoms with Gasteiger partial charge in [0.25, 0.3) is 5.91 Å². The van der Waals surface area contributed by atoms with E-state index in [1.54, 1.807) is 35.6 Å². The Balaban J connectivity index is 1.25. The highest BCUT2D eigenvalue weighted by Gasteiger charge is 2.09. The molecule has 0 saturated carbocycles. The highest BCUT2D eigenvalue weighted by molar-refractivity contribution is 7.13. The normalized spacial score (nSPS) is 10.6. The fraction of sp³-hybridized carbons (Fsp3) is 0.300. The van der Waals surface area contributed by atoms with Crippen LogP contribution in [0.3, 0.4) is 0 Å². The molecule has 0 saturated heterocycles. The molecule has 0 atom stereocenters. The van der Waals surface area contributed by atoms with Crippen LogP contribution in [0.4, 0.5) is 0 Å². The molecule has 1 aromatic carbocycles. The molecule has 8 heteroatoms. The Hall–Kier alpha value is -3.00. The second-order valence-corrected chi connectivity index (χ2v) is 7.15. The number of aryl methyl sites for hydroxylation is 1. The van der Waals surface area contributed by atoms with E-state index in [1.807, 2.05) is 23.6 Å². The Kier molecular flexibility index (Phi) is 7.31. The van der Waals surface area contributed by atoms with Gasteiger partial charge in [-0.15, -0.1) is 11.3 Å². The van der Waals surface area contributed by atoms with Gasteiger partial charge in [-0.1, -0.05) is 35.8 Å². The molecular formula is C20H22N4O3S. The number of benzene rings is 1. The minimum Gasteiger partial charge on any atom is -0.355 e. The van der Waals surface area contributed by atoms with Crippen LogP contribution in [0.15, 0.2) is 52.4 Å². The smallest absolute Gasteiger partial charge is 0.251 e. The van der Waals surface area contributed by atoms with Gasteiger partial charge in [-0.2, -0.15) is 4.98 Å². The molecular weight excluding hydrogens is 376 g/mol. The molecule has 2 aromatic heterocycles. The van der Waals surface area contributed by atoms with Crippen LogP contribution in [0.5, 0.6) is 0 Å². The fourth-order valence-corrected chi connectivity index (χ4v) is 3.23. The molecule has 0 fully saturated rings. The van der Waals surface area contributed by atoms with Crippen molar-refractivity contribution in [2.75, 3.05) is 13.1 Å². The van der Waals surface area contributed by atoms with Gasteiger partial charge >= 0.3 is 0 Å². The summed E-state index contributed by atoms with van der Waals surface area (Å²) in [7, 11) is 0. The third kappa shape index (κ3) is 6.02. The van der Waals surface area contributed by atoms with Crippen molar-refractivity contribution >= 4 is 23.2 Å². The predicted octanol–water partition coefficient (Wildman–Crippen LogP) is 3.06. The van der Waals surface area contributed by atoms with E-state index in [9.17, 15) is 9.59 Å². The van der Waals surface area contributed by atoms with Crippen molar-refractivity contribution in [2.24, 2.45) is 0 Å². The molecule has 0 radical (unpaired) electrons. The van der Waals surface area contributed by atoms with Crippen LogP contribution in [-0.2, 0) is 11.2 Å². The zero-order valence-electron chi connectivity index (χ0n) is 15.4. The van der Waals surface area contributed by atoms with Crippen molar-refractivity contribution in [2.45, 2.75) is 25.7 Å².